The van der Waals surface area contributed by atoms with Crippen molar-refractivity contribution in [3.05, 3.63) is 29.8 Å². The van der Waals surface area contributed by atoms with E-state index in [9.17, 15) is 4.79 Å². The Hall–Kier alpha value is -1.43. The minimum Gasteiger partial charge on any atom is -0.325 e. The van der Waals surface area contributed by atoms with Gasteiger partial charge in [0.2, 0.25) is 5.91 Å². The molecule has 0 spiro atoms. The van der Waals surface area contributed by atoms with Crippen molar-refractivity contribution >= 4 is 11.6 Å². The number of nitrogens with zero attached hydrogens (tertiary/aromatic N) is 2. The molecule has 1 aromatic carbocycles. The highest BCUT2D eigenvalue weighted by Gasteiger charge is 2.26. The first-order valence-corrected chi connectivity index (χ1v) is 8.25. The highest BCUT2D eigenvalue weighted by atomic mass is 16.2. The number of carbonyl (C=O) groups excluding carboxylic acids is 1. The predicted molar refractivity (Wildman–Crippen MR) is 89.1 cm³/mol. The molecule has 5 nitrogen and oxygen atoms in total. The van der Waals surface area contributed by atoms with E-state index in [2.05, 4.69) is 20.4 Å². The minimum absolute atomic E-state index is 0.0882. The van der Waals surface area contributed by atoms with Crippen molar-refractivity contribution in [2.24, 2.45) is 0 Å². The van der Waals surface area contributed by atoms with Crippen LogP contribution in [0.5, 0.6) is 0 Å². The van der Waals surface area contributed by atoms with E-state index in [4.69, 9.17) is 0 Å². The standard InChI is InChI=1S/C17H26N4O/c1-14-4-2-3-5-16(14)19-17(22)13-20-8-10-21(11-9-20)15-6-7-18-12-15/h2-5,15,18H,6-13H2,1H3,(H,19,22). The number of amides is 1. The molecular formula is C17H26N4O. The van der Waals surface area contributed by atoms with Gasteiger partial charge in [-0.1, -0.05) is 18.2 Å². The monoisotopic (exact) mass is 302 g/mol. The Morgan fingerprint density at radius 2 is 2.05 bits per heavy atom. The van der Waals surface area contributed by atoms with Crippen LogP contribution in [0.1, 0.15) is 12.0 Å². The second-order valence-corrected chi connectivity index (χ2v) is 6.32. The van der Waals surface area contributed by atoms with Crippen molar-refractivity contribution in [3.63, 3.8) is 0 Å². The molecule has 120 valence electrons. The van der Waals surface area contributed by atoms with Gasteiger partial charge >= 0.3 is 0 Å². The SMILES string of the molecule is Cc1ccccc1NC(=O)CN1CCN(C2CCNC2)CC1. The number of anilines is 1. The summed E-state index contributed by atoms with van der Waals surface area (Å²) < 4.78 is 0. The molecule has 0 aliphatic carbocycles. The van der Waals surface area contributed by atoms with E-state index in [1.54, 1.807) is 0 Å². The van der Waals surface area contributed by atoms with Crippen LogP contribution >= 0.6 is 0 Å². The van der Waals surface area contributed by atoms with Gasteiger partial charge in [-0.15, -0.1) is 0 Å². The lowest BCUT2D eigenvalue weighted by atomic mass is 10.2. The number of nitrogens with one attached hydrogen (secondary N) is 2. The summed E-state index contributed by atoms with van der Waals surface area (Å²) in [5.41, 5.74) is 2.03. The topological polar surface area (TPSA) is 47.6 Å². The van der Waals surface area contributed by atoms with E-state index in [1.807, 2.05) is 31.2 Å². The summed E-state index contributed by atoms with van der Waals surface area (Å²) in [4.78, 5) is 17.0. The Morgan fingerprint density at radius 3 is 2.73 bits per heavy atom. The fourth-order valence-corrected chi connectivity index (χ4v) is 3.34. The maximum absolute atomic E-state index is 12.2. The zero-order valence-electron chi connectivity index (χ0n) is 13.3. The summed E-state index contributed by atoms with van der Waals surface area (Å²) in [5.74, 6) is 0.0882. The Bertz CT molecular complexity index is 505. The van der Waals surface area contributed by atoms with E-state index >= 15 is 0 Å². The zero-order valence-corrected chi connectivity index (χ0v) is 13.3. The number of para-hydroxylation sites is 1. The Labute approximate surface area is 132 Å². The molecule has 5 heteroatoms. The molecule has 0 saturated carbocycles. The van der Waals surface area contributed by atoms with Crippen molar-refractivity contribution in [2.45, 2.75) is 19.4 Å². The number of carbonyl (C=O) groups is 1. The van der Waals surface area contributed by atoms with Crippen LogP contribution in [-0.2, 0) is 4.79 Å². The fraction of sp³-hybridized carbons (Fsp3) is 0.588. The number of aryl methyl sites for hydroxylation is 1. The normalized spacial score (nSPS) is 23.6. The van der Waals surface area contributed by atoms with Crippen LogP contribution < -0.4 is 10.6 Å². The third-order valence-corrected chi connectivity index (χ3v) is 4.74. The van der Waals surface area contributed by atoms with E-state index in [0.717, 1.165) is 50.5 Å². The van der Waals surface area contributed by atoms with Gasteiger partial charge in [-0.25, -0.2) is 0 Å². The van der Waals surface area contributed by atoms with Crippen LogP contribution in [0.25, 0.3) is 0 Å². The van der Waals surface area contributed by atoms with Crippen LogP contribution in [0, 0.1) is 6.92 Å². The molecule has 1 unspecified atom stereocenters. The Balaban J connectivity index is 1.44. The van der Waals surface area contributed by atoms with Crippen molar-refractivity contribution in [1.82, 2.24) is 15.1 Å². The van der Waals surface area contributed by atoms with Gasteiger partial charge in [-0.05, 0) is 31.5 Å². The molecule has 2 aliphatic heterocycles. The third-order valence-electron chi connectivity index (χ3n) is 4.74. The summed E-state index contributed by atoms with van der Waals surface area (Å²) in [6.45, 7) is 8.88. The van der Waals surface area contributed by atoms with Gasteiger partial charge in [0.05, 0.1) is 6.54 Å². The summed E-state index contributed by atoms with van der Waals surface area (Å²) >= 11 is 0. The Morgan fingerprint density at radius 1 is 1.27 bits per heavy atom. The summed E-state index contributed by atoms with van der Waals surface area (Å²) in [6.07, 6.45) is 1.26. The summed E-state index contributed by atoms with van der Waals surface area (Å²) in [5, 5.41) is 6.45. The molecule has 2 saturated heterocycles. The number of piperazine rings is 1. The van der Waals surface area contributed by atoms with Crippen LogP contribution in [0.2, 0.25) is 0 Å². The van der Waals surface area contributed by atoms with E-state index in [0.29, 0.717) is 12.6 Å². The lowest BCUT2D eigenvalue weighted by Crippen LogP contribution is -2.52. The van der Waals surface area contributed by atoms with Crippen LogP contribution in [0.3, 0.4) is 0 Å². The van der Waals surface area contributed by atoms with Crippen molar-refractivity contribution in [3.8, 4) is 0 Å². The third kappa shape index (κ3) is 3.85. The molecule has 0 bridgehead atoms. The van der Waals surface area contributed by atoms with E-state index < -0.39 is 0 Å². The average Bonchev–Trinajstić information content (AvgIpc) is 3.05. The molecule has 1 amide bonds. The second kappa shape index (κ2) is 7.22. The van der Waals surface area contributed by atoms with Crippen molar-refractivity contribution < 1.29 is 4.79 Å². The number of hydrogen-bond acceptors (Lipinski definition) is 4. The first-order valence-electron chi connectivity index (χ1n) is 8.25. The largest absolute Gasteiger partial charge is 0.325 e. The van der Waals surface area contributed by atoms with Gasteiger partial charge < -0.3 is 10.6 Å². The lowest BCUT2D eigenvalue weighted by molar-refractivity contribution is -0.117. The maximum Gasteiger partial charge on any atom is 0.238 e. The van der Waals surface area contributed by atoms with Gasteiger partial charge in [-0.2, -0.15) is 0 Å². The van der Waals surface area contributed by atoms with Gasteiger partial charge in [0.25, 0.3) is 0 Å². The molecule has 0 aromatic heterocycles. The predicted octanol–water partition coefficient (Wildman–Crippen LogP) is 0.913. The lowest BCUT2D eigenvalue weighted by Gasteiger charge is -2.37. The fourth-order valence-electron chi connectivity index (χ4n) is 3.34. The van der Waals surface area contributed by atoms with Crippen LogP contribution in [0.4, 0.5) is 5.69 Å². The zero-order chi connectivity index (χ0) is 15.4. The quantitative estimate of drug-likeness (QED) is 0.868. The number of rotatable bonds is 4. The van der Waals surface area contributed by atoms with Crippen LogP contribution in [-0.4, -0.2) is 67.6 Å². The highest BCUT2D eigenvalue weighted by Crippen LogP contribution is 2.14. The van der Waals surface area contributed by atoms with Crippen molar-refractivity contribution in [2.75, 3.05) is 51.1 Å². The molecule has 2 fully saturated rings. The number of benzene rings is 1. The van der Waals surface area contributed by atoms with Gasteiger partial charge in [0.15, 0.2) is 0 Å². The summed E-state index contributed by atoms with van der Waals surface area (Å²) in [6, 6.07) is 8.62. The maximum atomic E-state index is 12.2. The average molecular weight is 302 g/mol. The van der Waals surface area contributed by atoms with Crippen LogP contribution in [0.15, 0.2) is 24.3 Å². The second-order valence-electron chi connectivity index (χ2n) is 6.32. The number of hydrogen-bond donors (Lipinski definition) is 2. The van der Waals surface area contributed by atoms with Gasteiger partial charge in [0.1, 0.15) is 0 Å². The molecule has 2 N–H and O–H groups in total. The molecule has 1 aromatic rings. The first-order chi connectivity index (χ1) is 10.7. The first kappa shape index (κ1) is 15.5. The molecule has 2 aliphatic rings. The Kier molecular flexibility index (Phi) is 5.08. The highest BCUT2D eigenvalue weighted by molar-refractivity contribution is 5.92. The molecule has 3 rings (SSSR count). The van der Waals surface area contributed by atoms with Gasteiger partial charge in [0, 0.05) is 44.5 Å². The van der Waals surface area contributed by atoms with E-state index in [1.165, 1.54) is 6.42 Å². The van der Waals surface area contributed by atoms with Gasteiger partial charge in [-0.3, -0.25) is 14.6 Å². The van der Waals surface area contributed by atoms with E-state index in [-0.39, 0.29) is 5.91 Å². The molecule has 0 radical (unpaired) electrons. The molecule has 2 heterocycles. The molecule has 1 atom stereocenters. The smallest absolute Gasteiger partial charge is 0.238 e. The molecule has 22 heavy (non-hydrogen) atoms. The summed E-state index contributed by atoms with van der Waals surface area (Å²) in [7, 11) is 0. The minimum atomic E-state index is 0.0882. The van der Waals surface area contributed by atoms with Crippen molar-refractivity contribution in [1.29, 1.82) is 0 Å². The molecular weight excluding hydrogens is 276 g/mol.